The fourth-order valence-corrected chi connectivity index (χ4v) is 1.92. The Morgan fingerprint density at radius 3 is 2.62 bits per heavy atom. The monoisotopic (exact) mass is 263 g/mol. The predicted octanol–water partition coefficient (Wildman–Crippen LogP) is 2.86. The minimum atomic E-state index is -0.458. The van der Waals surface area contributed by atoms with E-state index in [-0.39, 0.29) is 5.97 Å². The van der Waals surface area contributed by atoms with Crippen LogP contribution in [0.2, 0.25) is 0 Å². The zero-order valence-electron chi connectivity index (χ0n) is 7.63. The van der Waals surface area contributed by atoms with E-state index in [0.29, 0.717) is 9.48 Å². The molecule has 0 amide bonds. The van der Waals surface area contributed by atoms with Crippen molar-refractivity contribution >= 4 is 33.2 Å². The molecule has 0 N–H and O–H groups in total. The second-order valence-electron chi connectivity index (χ2n) is 3.47. The molecule has 0 radical (unpaired) electrons. The molecule has 13 heavy (non-hydrogen) atoms. The summed E-state index contributed by atoms with van der Waals surface area (Å²) in [7, 11) is 0. The van der Waals surface area contributed by atoms with Crippen LogP contribution in [0.3, 0.4) is 0 Å². The molecule has 0 aromatic carbocycles. The Balaban J connectivity index is 2.76. The molecule has 5 heteroatoms. The zero-order chi connectivity index (χ0) is 10.1. The van der Waals surface area contributed by atoms with Gasteiger partial charge in [-0.15, -0.1) is 11.3 Å². The molecule has 1 rings (SSSR count). The lowest BCUT2D eigenvalue weighted by Crippen LogP contribution is -2.23. The topological polar surface area (TPSA) is 39.2 Å². The minimum absolute atomic E-state index is 0.332. The van der Waals surface area contributed by atoms with Crippen LogP contribution >= 0.6 is 27.3 Å². The molecule has 0 atom stereocenters. The van der Waals surface area contributed by atoms with Gasteiger partial charge in [0.1, 0.15) is 15.1 Å². The van der Waals surface area contributed by atoms with Crippen LogP contribution in [0.1, 0.15) is 30.4 Å². The van der Waals surface area contributed by atoms with Gasteiger partial charge in [0.25, 0.3) is 0 Å². The number of hydrogen-bond donors (Lipinski definition) is 0. The summed E-state index contributed by atoms with van der Waals surface area (Å²) in [4.78, 5) is 15.9. The first-order chi connectivity index (χ1) is 5.90. The molecule has 0 saturated carbocycles. The molecule has 1 heterocycles. The van der Waals surface area contributed by atoms with Crippen LogP contribution < -0.4 is 0 Å². The van der Waals surface area contributed by atoms with Crippen LogP contribution in [0.25, 0.3) is 0 Å². The lowest BCUT2D eigenvalue weighted by Gasteiger charge is -2.18. The fraction of sp³-hybridized carbons (Fsp3) is 0.500. The van der Waals surface area contributed by atoms with Gasteiger partial charge < -0.3 is 4.74 Å². The van der Waals surface area contributed by atoms with Crippen molar-refractivity contribution in [3.8, 4) is 0 Å². The normalized spacial score (nSPS) is 11.4. The molecule has 1 aromatic heterocycles. The highest BCUT2D eigenvalue weighted by atomic mass is 79.9. The summed E-state index contributed by atoms with van der Waals surface area (Å²) in [6.07, 6.45) is 0. The fourth-order valence-electron chi connectivity index (χ4n) is 0.689. The first-order valence-corrected chi connectivity index (χ1v) is 5.40. The maximum absolute atomic E-state index is 11.5. The average molecular weight is 264 g/mol. The Morgan fingerprint density at radius 2 is 2.23 bits per heavy atom. The number of rotatable bonds is 1. The highest BCUT2D eigenvalue weighted by Crippen LogP contribution is 2.22. The van der Waals surface area contributed by atoms with E-state index in [1.165, 1.54) is 11.3 Å². The molecule has 0 fully saturated rings. The number of carbonyl (C=O) groups is 1. The van der Waals surface area contributed by atoms with Gasteiger partial charge in [-0.2, -0.15) is 0 Å². The zero-order valence-corrected chi connectivity index (χ0v) is 10.0. The molecule has 0 saturated heterocycles. The Labute approximate surface area is 89.3 Å². The molecule has 72 valence electrons. The van der Waals surface area contributed by atoms with Crippen molar-refractivity contribution in [1.82, 2.24) is 4.98 Å². The molecular formula is C8H10BrNO2S. The maximum Gasteiger partial charge on any atom is 0.351 e. The standard InChI is InChI=1S/C8H10BrNO2S/c1-8(2,3)12-7(11)5-6(9)10-4-13-5/h4H,1-3H3. The van der Waals surface area contributed by atoms with Crippen molar-refractivity contribution in [1.29, 1.82) is 0 Å². The molecule has 0 spiro atoms. The van der Waals surface area contributed by atoms with Gasteiger partial charge in [0, 0.05) is 0 Å². The van der Waals surface area contributed by atoms with E-state index >= 15 is 0 Å². The largest absolute Gasteiger partial charge is 0.456 e. The SMILES string of the molecule is CC(C)(C)OC(=O)c1scnc1Br. The van der Waals surface area contributed by atoms with E-state index in [1.54, 1.807) is 5.51 Å². The highest BCUT2D eigenvalue weighted by molar-refractivity contribution is 9.10. The number of thiazole rings is 1. The molecule has 0 unspecified atom stereocenters. The number of nitrogens with zero attached hydrogens (tertiary/aromatic N) is 1. The Hall–Kier alpha value is -0.420. The highest BCUT2D eigenvalue weighted by Gasteiger charge is 2.21. The second-order valence-corrected chi connectivity index (χ2v) is 5.08. The van der Waals surface area contributed by atoms with Crippen molar-refractivity contribution in [2.45, 2.75) is 26.4 Å². The number of carbonyl (C=O) groups excluding carboxylic acids is 1. The van der Waals surface area contributed by atoms with Gasteiger partial charge in [-0.1, -0.05) is 0 Å². The third-order valence-electron chi connectivity index (χ3n) is 1.11. The van der Waals surface area contributed by atoms with E-state index in [4.69, 9.17) is 4.74 Å². The maximum atomic E-state index is 11.5. The van der Waals surface area contributed by atoms with Gasteiger partial charge in [0.2, 0.25) is 0 Å². The van der Waals surface area contributed by atoms with E-state index in [9.17, 15) is 4.79 Å². The van der Waals surface area contributed by atoms with Crippen molar-refractivity contribution in [3.05, 3.63) is 15.0 Å². The number of hydrogen-bond acceptors (Lipinski definition) is 4. The summed E-state index contributed by atoms with van der Waals surface area (Å²) < 4.78 is 5.71. The average Bonchev–Trinajstić information content (AvgIpc) is 2.30. The molecule has 3 nitrogen and oxygen atoms in total. The van der Waals surface area contributed by atoms with Crippen LogP contribution in [0.5, 0.6) is 0 Å². The number of esters is 1. The summed E-state index contributed by atoms with van der Waals surface area (Å²) in [5, 5.41) is 0. The Bertz CT molecular complexity index is 316. The van der Waals surface area contributed by atoms with Crippen molar-refractivity contribution in [3.63, 3.8) is 0 Å². The lowest BCUT2D eigenvalue weighted by atomic mass is 10.2. The number of halogens is 1. The molecule has 0 aliphatic rings. The van der Waals surface area contributed by atoms with Crippen molar-refractivity contribution in [2.75, 3.05) is 0 Å². The first kappa shape index (κ1) is 10.7. The van der Waals surface area contributed by atoms with Crippen LogP contribution in [0.15, 0.2) is 10.1 Å². The molecule has 1 aromatic rings. The quantitative estimate of drug-likeness (QED) is 0.732. The first-order valence-electron chi connectivity index (χ1n) is 3.72. The molecule has 0 bridgehead atoms. The van der Waals surface area contributed by atoms with Crippen LogP contribution in [-0.2, 0) is 4.74 Å². The predicted molar refractivity (Wildman–Crippen MR) is 55.0 cm³/mol. The van der Waals surface area contributed by atoms with Crippen LogP contribution in [0, 0.1) is 0 Å². The summed E-state index contributed by atoms with van der Waals surface area (Å²) >= 11 is 4.44. The Morgan fingerprint density at radius 1 is 1.62 bits per heavy atom. The van der Waals surface area contributed by atoms with Crippen molar-refractivity contribution in [2.24, 2.45) is 0 Å². The van der Waals surface area contributed by atoms with E-state index in [1.807, 2.05) is 20.8 Å². The second kappa shape index (κ2) is 3.75. The minimum Gasteiger partial charge on any atom is -0.456 e. The smallest absolute Gasteiger partial charge is 0.351 e. The van der Waals surface area contributed by atoms with Crippen LogP contribution in [0.4, 0.5) is 0 Å². The third-order valence-corrected chi connectivity index (χ3v) is 2.78. The van der Waals surface area contributed by atoms with E-state index in [2.05, 4.69) is 20.9 Å². The number of ether oxygens (including phenoxy) is 1. The van der Waals surface area contributed by atoms with Crippen LogP contribution in [-0.4, -0.2) is 16.6 Å². The van der Waals surface area contributed by atoms with Crippen molar-refractivity contribution < 1.29 is 9.53 Å². The molecular weight excluding hydrogens is 254 g/mol. The summed E-state index contributed by atoms with van der Waals surface area (Å²) in [5.41, 5.74) is 1.14. The Kier molecular flexibility index (Phi) is 3.08. The van der Waals surface area contributed by atoms with E-state index < -0.39 is 5.60 Å². The molecule has 0 aliphatic heterocycles. The van der Waals surface area contributed by atoms with Gasteiger partial charge in [0.15, 0.2) is 0 Å². The van der Waals surface area contributed by atoms with Gasteiger partial charge in [-0.3, -0.25) is 0 Å². The summed E-state index contributed by atoms with van der Waals surface area (Å²) in [5.74, 6) is -0.332. The summed E-state index contributed by atoms with van der Waals surface area (Å²) in [6.45, 7) is 5.50. The van der Waals surface area contributed by atoms with Gasteiger partial charge in [-0.05, 0) is 36.7 Å². The molecule has 0 aliphatic carbocycles. The van der Waals surface area contributed by atoms with E-state index in [0.717, 1.165) is 0 Å². The lowest BCUT2D eigenvalue weighted by molar-refractivity contribution is 0.00740. The third kappa shape index (κ3) is 3.08. The van der Waals surface area contributed by atoms with Gasteiger partial charge in [-0.25, -0.2) is 9.78 Å². The van der Waals surface area contributed by atoms with Gasteiger partial charge >= 0.3 is 5.97 Å². The summed E-state index contributed by atoms with van der Waals surface area (Å²) in [6, 6.07) is 0. The number of aromatic nitrogens is 1. The van der Waals surface area contributed by atoms with Gasteiger partial charge in [0.05, 0.1) is 5.51 Å².